The number of barbiturate groups is 1. The van der Waals surface area contributed by atoms with E-state index in [1.165, 1.54) is 6.08 Å². The first-order chi connectivity index (χ1) is 22.2. The van der Waals surface area contributed by atoms with Gasteiger partial charge in [-0.25, -0.2) is 9.69 Å². The quantitative estimate of drug-likeness (QED) is 0.106. The highest BCUT2D eigenvalue weighted by Crippen LogP contribution is 2.35. The van der Waals surface area contributed by atoms with Crippen LogP contribution >= 0.6 is 22.6 Å². The molecule has 0 bridgehead atoms. The molecule has 0 unspecified atom stereocenters. The summed E-state index contributed by atoms with van der Waals surface area (Å²) in [4.78, 5) is 52.5. The van der Waals surface area contributed by atoms with Crippen molar-refractivity contribution in [2.45, 2.75) is 20.5 Å². The molecule has 1 aliphatic heterocycles. The molecule has 0 atom stereocenters. The Morgan fingerprint density at radius 2 is 1.63 bits per heavy atom. The van der Waals surface area contributed by atoms with Crippen molar-refractivity contribution < 1.29 is 33.4 Å². The summed E-state index contributed by atoms with van der Waals surface area (Å²) in [7, 11) is 0. The molecule has 5 rings (SSSR count). The summed E-state index contributed by atoms with van der Waals surface area (Å²) in [5.41, 5.74) is 3.21. The monoisotopic (exact) mass is 731 g/mol. The smallest absolute Gasteiger partial charge is 0.335 e. The molecule has 1 heterocycles. The standard InChI is InChI=1S/C35H30IN3O7/c1-3-44-30-19-24(18-29(36)32(30)46-21-31(40)37-25-11-9-22(2)10-12-25)17-28-33(41)38-35(43)39(34(28)42)26-13-15-27(16-14-26)45-20-23-7-5-4-6-8-23/h4-19H,3,20-21H2,1-2H3,(H,37,40)(H,38,41,43)/b28-17+. The van der Waals surface area contributed by atoms with Gasteiger partial charge in [0.1, 0.15) is 17.9 Å². The van der Waals surface area contributed by atoms with E-state index in [1.54, 1.807) is 55.5 Å². The Bertz CT molecular complexity index is 1790. The topological polar surface area (TPSA) is 123 Å². The number of anilines is 2. The second-order valence-electron chi connectivity index (χ2n) is 10.2. The molecule has 234 valence electrons. The van der Waals surface area contributed by atoms with Crippen molar-refractivity contribution in [1.29, 1.82) is 0 Å². The van der Waals surface area contributed by atoms with Crippen LogP contribution in [0.1, 0.15) is 23.6 Å². The van der Waals surface area contributed by atoms with Gasteiger partial charge in [-0.05, 0) is 102 Å². The highest BCUT2D eigenvalue weighted by Gasteiger charge is 2.37. The molecule has 0 aliphatic carbocycles. The van der Waals surface area contributed by atoms with E-state index in [0.717, 1.165) is 16.0 Å². The van der Waals surface area contributed by atoms with Gasteiger partial charge < -0.3 is 19.5 Å². The van der Waals surface area contributed by atoms with Crippen LogP contribution in [0.15, 0.2) is 96.6 Å². The molecule has 1 fully saturated rings. The molecular weight excluding hydrogens is 701 g/mol. The number of aryl methyl sites for hydroxylation is 1. The molecule has 46 heavy (non-hydrogen) atoms. The number of carbonyl (C=O) groups is 4. The van der Waals surface area contributed by atoms with Gasteiger partial charge >= 0.3 is 6.03 Å². The van der Waals surface area contributed by atoms with Gasteiger partial charge in [-0.15, -0.1) is 0 Å². The Balaban J connectivity index is 1.32. The molecular formula is C35H30IN3O7. The Kier molecular flexibility index (Phi) is 10.3. The lowest BCUT2D eigenvalue weighted by Crippen LogP contribution is -2.54. The summed E-state index contributed by atoms with van der Waals surface area (Å²) < 4.78 is 18.0. The lowest BCUT2D eigenvalue weighted by atomic mass is 10.1. The van der Waals surface area contributed by atoms with Crippen molar-refractivity contribution in [2.24, 2.45) is 0 Å². The number of benzene rings is 4. The SMILES string of the molecule is CCOc1cc(/C=C2\C(=O)NC(=O)N(c3ccc(OCc4ccccc4)cc3)C2=O)cc(I)c1OCC(=O)Nc1ccc(C)cc1. The predicted octanol–water partition coefficient (Wildman–Crippen LogP) is 6.26. The zero-order chi connectivity index (χ0) is 32.6. The van der Waals surface area contributed by atoms with Gasteiger partial charge in [0.05, 0.1) is 15.9 Å². The van der Waals surface area contributed by atoms with Crippen LogP contribution in [0.4, 0.5) is 16.2 Å². The van der Waals surface area contributed by atoms with E-state index in [0.29, 0.717) is 45.3 Å². The average Bonchev–Trinajstić information content (AvgIpc) is 3.04. The molecule has 1 aliphatic rings. The number of halogens is 1. The Labute approximate surface area is 279 Å². The summed E-state index contributed by atoms with van der Waals surface area (Å²) in [5.74, 6) is -0.736. The number of hydrogen-bond acceptors (Lipinski definition) is 7. The fourth-order valence-corrected chi connectivity index (χ4v) is 5.32. The largest absolute Gasteiger partial charge is 0.490 e. The number of carbonyl (C=O) groups excluding carboxylic acids is 4. The second-order valence-corrected chi connectivity index (χ2v) is 11.4. The summed E-state index contributed by atoms with van der Waals surface area (Å²) in [6.07, 6.45) is 1.38. The van der Waals surface area contributed by atoms with Gasteiger partial charge in [0.15, 0.2) is 18.1 Å². The first-order valence-corrected chi connectivity index (χ1v) is 15.4. The minimum absolute atomic E-state index is 0.242. The maximum Gasteiger partial charge on any atom is 0.335 e. The van der Waals surface area contributed by atoms with Gasteiger partial charge in [-0.3, -0.25) is 19.7 Å². The van der Waals surface area contributed by atoms with Crippen LogP contribution < -0.4 is 29.7 Å². The number of urea groups is 1. The number of amides is 5. The number of imide groups is 2. The third kappa shape index (κ3) is 7.91. The van der Waals surface area contributed by atoms with Crippen molar-refractivity contribution in [3.63, 3.8) is 0 Å². The minimum atomic E-state index is -0.859. The fraction of sp³-hybridized carbons (Fsp3) is 0.143. The minimum Gasteiger partial charge on any atom is -0.490 e. The zero-order valence-corrected chi connectivity index (χ0v) is 27.2. The van der Waals surface area contributed by atoms with Gasteiger partial charge in [-0.1, -0.05) is 48.0 Å². The molecule has 4 aromatic carbocycles. The second kappa shape index (κ2) is 14.7. The summed E-state index contributed by atoms with van der Waals surface area (Å²) in [5, 5.41) is 5.02. The molecule has 0 radical (unpaired) electrons. The van der Waals surface area contributed by atoms with Crippen LogP contribution in [0.3, 0.4) is 0 Å². The first kappa shape index (κ1) is 32.2. The van der Waals surface area contributed by atoms with E-state index in [1.807, 2.05) is 72.0 Å². The van der Waals surface area contributed by atoms with E-state index in [2.05, 4.69) is 10.6 Å². The summed E-state index contributed by atoms with van der Waals surface area (Å²) in [6.45, 7) is 4.15. The van der Waals surface area contributed by atoms with E-state index in [4.69, 9.17) is 14.2 Å². The van der Waals surface area contributed by atoms with Crippen molar-refractivity contribution in [2.75, 3.05) is 23.4 Å². The van der Waals surface area contributed by atoms with Crippen LogP contribution in [0.2, 0.25) is 0 Å². The predicted molar refractivity (Wildman–Crippen MR) is 182 cm³/mol. The van der Waals surface area contributed by atoms with E-state index in [-0.39, 0.29) is 23.8 Å². The zero-order valence-electron chi connectivity index (χ0n) is 25.0. The molecule has 10 nitrogen and oxygen atoms in total. The Morgan fingerprint density at radius 1 is 0.913 bits per heavy atom. The molecule has 0 saturated carbocycles. The van der Waals surface area contributed by atoms with Gasteiger partial charge in [0.2, 0.25) is 0 Å². The van der Waals surface area contributed by atoms with Crippen LogP contribution in [0.5, 0.6) is 17.2 Å². The lowest BCUT2D eigenvalue weighted by Gasteiger charge is -2.26. The lowest BCUT2D eigenvalue weighted by molar-refractivity contribution is -0.122. The fourth-order valence-electron chi connectivity index (χ4n) is 4.54. The first-order valence-electron chi connectivity index (χ1n) is 14.4. The third-order valence-electron chi connectivity index (χ3n) is 6.77. The van der Waals surface area contributed by atoms with Gasteiger partial charge in [0.25, 0.3) is 17.7 Å². The molecule has 11 heteroatoms. The van der Waals surface area contributed by atoms with Crippen molar-refractivity contribution in [1.82, 2.24) is 5.32 Å². The maximum absolute atomic E-state index is 13.5. The molecule has 0 aromatic heterocycles. The highest BCUT2D eigenvalue weighted by molar-refractivity contribution is 14.1. The molecule has 5 amide bonds. The number of nitrogens with zero attached hydrogens (tertiary/aromatic N) is 1. The van der Waals surface area contributed by atoms with E-state index < -0.39 is 17.8 Å². The molecule has 2 N–H and O–H groups in total. The molecule has 1 saturated heterocycles. The average molecular weight is 732 g/mol. The Hall–Kier alpha value is -5.17. The molecule has 4 aromatic rings. The van der Waals surface area contributed by atoms with Crippen LogP contribution in [-0.2, 0) is 21.0 Å². The Morgan fingerprint density at radius 3 is 2.33 bits per heavy atom. The van der Waals surface area contributed by atoms with Gasteiger partial charge in [-0.2, -0.15) is 0 Å². The number of nitrogens with one attached hydrogen (secondary N) is 2. The van der Waals surface area contributed by atoms with Crippen molar-refractivity contribution in [3.8, 4) is 17.2 Å². The van der Waals surface area contributed by atoms with E-state index >= 15 is 0 Å². The number of rotatable bonds is 11. The third-order valence-corrected chi connectivity index (χ3v) is 7.57. The molecule has 0 spiro atoms. The summed E-state index contributed by atoms with van der Waals surface area (Å²) >= 11 is 2.03. The van der Waals surface area contributed by atoms with Gasteiger partial charge in [0, 0.05) is 5.69 Å². The maximum atomic E-state index is 13.5. The highest BCUT2D eigenvalue weighted by atomic mass is 127. The van der Waals surface area contributed by atoms with Crippen LogP contribution in [0, 0.1) is 10.5 Å². The van der Waals surface area contributed by atoms with Crippen molar-refractivity contribution >= 4 is 63.8 Å². The summed E-state index contributed by atoms with van der Waals surface area (Å²) in [6, 6.07) is 25.9. The number of ether oxygens (including phenoxy) is 3. The van der Waals surface area contributed by atoms with Crippen LogP contribution in [0.25, 0.3) is 6.08 Å². The van der Waals surface area contributed by atoms with E-state index in [9.17, 15) is 19.2 Å². The van der Waals surface area contributed by atoms with Crippen LogP contribution in [-0.4, -0.2) is 37.0 Å². The van der Waals surface area contributed by atoms with Crippen molar-refractivity contribution in [3.05, 3.63) is 117 Å². The normalized spacial score (nSPS) is 13.8. The number of hydrogen-bond donors (Lipinski definition) is 2.